The van der Waals surface area contributed by atoms with Crippen LogP contribution in [0.1, 0.15) is 44.5 Å². The Hall–Kier alpha value is -4.15. The Balaban J connectivity index is 1.52. The molecule has 0 spiro atoms. The number of carbonyl (C=O) groups excluding carboxylic acids is 3. The summed E-state index contributed by atoms with van der Waals surface area (Å²) in [7, 11) is 0. The highest BCUT2D eigenvalue weighted by molar-refractivity contribution is 8.03. The second-order valence-electron chi connectivity index (χ2n) is 10.9. The van der Waals surface area contributed by atoms with Crippen LogP contribution < -0.4 is 15.2 Å². The van der Waals surface area contributed by atoms with Crippen LogP contribution in [-0.4, -0.2) is 47.0 Å². The Kier molecular flexibility index (Phi) is 9.70. The molecule has 9 nitrogen and oxygen atoms in total. The Morgan fingerprint density at radius 1 is 0.976 bits per heavy atom. The Morgan fingerprint density at radius 2 is 1.62 bits per heavy atom. The van der Waals surface area contributed by atoms with Crippen molar-refractivity contribution in [3.63, 3.8) is 0 Å². The van der Waals surface area contributed by atoms with Crippen molar-refractivity contribution in [3.8, 4) is 0 Å². The average Bonchev–Trinajstić information content (AvgIpc) is 3.19. The summed E-state index contributed by atoms with van der Waals surface area (Å²) in [5.74, 6) is -1.15. The number of pyridine rings is 1. The quantitative estimate of drug-likeness (QED) is 0.242. The van der Waals surface area contributed by atoms with Crippen LogP contribution in [0.4, 0.5) is 4.79 Å². The van der Waals surface area contributed by atoms with E-state index in [2.05, 4.69) is 10.6 Å². The number of aromatic nitrogens is 1. The SMILES string of the molecule is CC(C)(C)OC(=O)N[C@@H](CSC1=C(c2ccccc2)[n+]2ccccc2C1(C)O)C(=O)NCC(=O)OCc1ccccc1. The lowest BCUT2D eigenvalue weighted by molar-refractivity contribution is -0.588. The maximum Gasteiger partial charge on any atom is 0.408 e. The fourth-order valence-electron chi connectivity index (χ4n) is 4.44. The van der Waals surface area contributed by atoms with Crippen molar-refractivity contribution in [2.24, 2.45) is 0 Å². The largest absolute Gasteiger partial charge is 0.460 e. The molecule has 42 heavy (non-hydrogen) atoms. The Morgan fingerprint density at radius 3 is 2.29 bits per heavy atom. The summed E-state index contributed by atoms with van der Waals surface area (Å²) < 4.78 is 12.6. The molecule has 0 saturated carbocycles. The highest BCUT2D eigenvalue weighted by Crippen LogP contribution is 2.44. The van der Waals surface area contributed by atoms with Gasteiger partial charge in [0.2, 0.25) is 17.3 Å². The third-order valence-electron chi connectivity index (χ3n) is 6.36. The van der Waals surface area contributed by atoms with E-state index in [4.69, 9.17) is 9.47 Å². The van der Waals surface area contributed by atoms with Crippen LogP contribution >= 0.6 is 11.8 Å². The molecule has 3 N–H and O–H groups in total. The van der Waals surface area contributed by atoms with E-state index < -0.39 is 35.2 Å². The van der Waals surface area contributed by atoms with Gasteiger partial charge in [-0.2, -0.15) is 4.57 Å². The number of amides is 2. The molecule has 2 heterocycles. The fraction of sp³-hybridized carbons (Fsp3) is 0.312. The van der Waals surface area contributed by atoms with Gasteiger partial charge in [0.05, 0.1) is 4.91 Å². The number of fused-ring (bicyclic) bond motifs is 1. The predicted octanol–water partition coefficient (Wildman–Crippen LogP) is 3.90. The number of rotatable bonds is 10. The van der Waals surface area contributed by atoms with Crippen LogP contribution in [0.2, 0.25) is 0 Å². The van der Waals surface area contributed by atoms with Gasteiger partial charge in [0.1, 0.15) is 24.8 Å². The second kappa shape index (κ2) is 13.2. The van der Waals surface area contributed by atoms with Gasteiger partial charge < -0.3 is 25.2 Å². The van der Waals surface area contributed by atoms with Crippen molar-refractivity contribution in [1.82, 2.24) is 10.6 Å². The third-order valence-corrected chi connectivity index (χ3v) is 7.73. The van der Waals surface area contributed by atoms with Crippen LogP contribution in [0.3, 0.4) is 0 Å². The molecule has 3 aromatic rings. The molecule has 10 heteroatoms. The number of hydrogen-bond acceptors (Lipinski definition) is 7. The van der Waals surface area contributed by atoms with Crippen LogP contribution in [0.5, 0.6) is 0 Å². The zero-order chi connectivity index (χ0) is 30.3. The van der Waals surface area contributed by atoms with Gasteiger partial charge in [0, 0.05) is 23.4 Å². The minimum absolute atomic E-state index is 0.0561. The second-order valence-corrected chi connectivity index (χ2v) is 12.0. The van der Waals surface area contributed by atoms with E-state index in [9.17, 15) is 19.5 Å². The minimum atomic E-state index is -1.36. The molecular formula is C32H36N3O6S+. The van der Waals surface area contributed by atoms with Gasteiger partial charge in [-0.1, -0.05) is 48.5 Å². The topological polar surface area (TPSA) is 118 Å². The molecule has 0 fully saturated rings. The van der Waals surface area contributed by atoms with E-state index >= 15 is 0 Å². The van der Waals surface area contributed by atoms with Gasteiger partial charge in [-0.3, -0.25) is 9.59 Å². The first-order chi connectivity index (χ1) is 20.0. The van der Waals surface area contributed by atoms with Crippen molar-refractivity contribution in [2.45, 2.75) is 51.5 Å². The molecule has 1 unspecified atom stereocenters. The van der Waals surface area contributed by atoms with Gasteiger partial charge in [0.25, 0.3) is 0 Å². The van der Waals surface area contributed by atoms with E-state index in [1.165, 1.54) is 11.8 Å². The molecule has 1 aliphatic heterocycles. The van der Waals surface area contributed by atoms with Gasteiger partial charge in [-0.05, 0) is 51.5 Å². The maximum atomic E-state index is 13.3. The summed E-state index contributed by atoms with van der Waals surface area (Å²) in [5, 5.41) is 16.9. The van der Waals surface area contributed by atoms with Crippen LogP contribution in [0.15, 0.2) is 90.0 Å². The molecular weight excluding hydrogens is 554 g/mol. The maximum absolute atomic E-state index is 13.3. The van der Waals surface area contributed by atoms with E-state index in [0.717, 1.165) is 16.8 Å². The molecule has 0 aliphatic carbocycles. The number of hydrogen-bond donors (Lipinski definition) is 3. The third kappa shape index (κ3) is 7.77. The predicted molar refractivity (Wildman–Crippen MR) is 160 cm³/mol. The molecule has 2 aromatic carbocycles. The first kappa shape index (κ1) is 30.8. The van der Waals surface area contributed by atoms with Crippen molar-refractivity contribution in [1.29, 1.82) is 0 Å². The summed E-state index contributed by atoms with van der Waals surface area (Å²) >= 11 is 1.25. The van der Waals surface area contributed by atoms with E-state index in [1.54, 1.807) is 27.7 Å². The Bertz CT molecular complexity index is 1450. The monoisotopic (exact) mass is 590 g/mol. The Labute approximate surface area is 249 Å². The molecule has 1 aromatic heterocycles. The van der Waals surface area contributed by atoms with Crippen LogP contribution in [-0.2, 0) is 31.3 Å². The molecule has 1 aliphatic rings. The fourth-order valence-corrected chi connectivity index (χ4v) is 5.74. The number of aliphatic hydroxyl groups is 1. The van der Waals surface area contributed by atoms with Gasteiger partial charge in [-0.15, -0.1) is 11.8 Å². The van der Waals surface area contributed by atoms with Crippen LogP contribution in [0.25, 0.3) is 5.70 Å². The lowest BCUT2D eigenvalue weighted by atomic mass is 10.0. The summed E-state index contributed by atoms with van der Waals surface area (Å²) in [6.07, 6.45) is 1.10. The van der Waals surface area contributed by atoms with E-state index in [-0.39, 0.29) is 18.9 Å². The molecule has 0 bridgehead atoms. The molecule has 2 amide bonds. The normalized spacial score (nSPS) is 16.8. The number of esters is 1. The zero-order valence-electron chi connectivity index (χ0n) is 24.1. The van der Waals surface area contributed by atoms with Crippen molar-refractivity contribution in [2.75, 3.05) is 12.3 Å². The first-order valence-corrected chi connectivity index (χ1v) is 14.6. The minimum Gasteiger partial charge on any atom is -0.460 e. The van der Waals surface area contributed by atoms with E-state index in [1.807, 2.05) is 89.6 Å². The smallest absolute Gasteiger partial charge is 0.408 e. The van der Waals surface area contributed by atoms with Gasteiger partial charge in [0.15, 0.2) is 11.8 Å². The summed E-state index contributed by atoms with van der Waals surface area (Å²) in [4.78, 5) is 38.9. The molecule has 0 radical (unpaired) electrons. The number of benzene rings is 2. The van der Waals surface area contributed by atoms with Crippen molar-refractivity contribution >= 4 is 35.4 Å². The summed E-state index contributed by atoms with van der Waals surface area (Å²) in [6.45, 7) is 6.57. The number of thioether (sulfide) groups is 1. The number of carbonyl (C=O) groups is 3. The zero-order valence-corrected chi connectivity index (χ0v) is 24.9. The van der Waals surface area contributed by atoms with E-state index in [0.29, 0.717) is 10.6 Å². The number of ether oxygens (including phenoxy) is 2. The number of nitrogens with one attached hydrogen (secondary N) is 2. The molecule has 0 saturated heterocycles. The summed E-state index contributed by atoms with van der Waals surface area (Å²) in [6, 6.07) is 23.3. The van der Waals surface area contributed by atoms with Gasteiger partial charge in [-0.25, -0.2) is 4.79 Å². The first-order valence-electron chi connectivity index (χ1n) is 13.6. The average molecular weight is 591 g/mol. The van der Waals surface area contributed by atoms with Crippen molar-refractivity contribution in [3.05, 3.63) is 107 Å². The molecule has 4 rings (SSSR count). The lowest BCUT2D eigenvalue weighted by Gasteiger charge is -2.24. The van der Waals surface area contributed by atoms with Crippen molar-refractivity contribution < 1.29 is 33.5 Å². The lowest BCUT2D eigenvalue weighted by Crippen LogP contribution is -2.50. The highest BCUT2D eigenvalue weighted by Gasteiger charge is 2.49. The molecule has 2 atom stereocenters. The number of nitrogens with zero attached hydrogens (tertiary/aromatic N) is 1. The molecule has 220 valence electrons. The summed E-state index contributed by atoms with van der Waals surface area (Å²) in [5.41, 5.74) is 1.03. The number of alkyl carbamates (subject to hydrolysis) is 1. The highest BCUT2D eigenvalue weighted by atomic mass is 32.2. The van der Waals surface area contributed by atoms with Crippen LogP contribution in [0, 0.1) is 0 Å². The standard InChI is InChI=1S/C32H35N3O6S/c1-31(2,3)41-30(38)34-24(29(37)33-19-26(36)40-20-22-13-7-5-8-14-22)21-42-28-27(23-15-9-6-10-16-23)35-18-12-11-17-25(35)32(28,4)39/h5-18,24,39H,19-21H2,1-4H3,(H-,33,34,37,38)/p+1/t24-,32?/m0/s1. The van der Waals surface area contributed by atoms with Gasteiger partial charge >= 0.3 is 12.1 Å².